The molecule has 5 nitrogen and oxygen atoms in total. The summed E-state index contributed by atoms with van der Waals surface area (Å²) in [5.41, 5.74) is -0.475. The molecule has 1 aromatic rings. The maximum absolute atomic E-state index is 14.0. The molecule has 0 saturated heterocycles. The second-order valence-electron chi connectivity index (χ2n) is 11.5. The van der Waals surface area contributed by atoms with Crippen LogP contribution in [0.1, 0.15) is 71.6 Å². The number of anilines is 1. The van der Waals surface area contributed by atoms with E-state index in [1.807, 2.05) is 6.92 Å². The fourth-order valence-corrected chi connectivity index (χ4v) is 8.52. The molecule has 0 bridgehead atoms. The number of aliphatic hydroxyl groups is 1. The van der Waals surface area contributed by atoms with Crippen molar-refractivity contribution in [2.24, 2.45) is 40.9 Å². The predicted octanol–water partition coefficient (Wildman–Crippen LogP) is 5.20. The molecular formula is C27H39FN2O3. The highest BCUT2D eigenvalue weighted by molar-refractivity contribution is 5.93. The van der Waals surface area contributed by atoms with Gasteiger partial charge in [-0.05, 0) is 112 Å². The Balaban J connectivity index is 1.27. The summed E-state index contributed by atoms with van der Waals surface area (Å²) in [6, 6.07) is 3.24. The van der Waals surface area contributed by atoms with Gasteiger partial charge in [-0.25, -0.2) is 4.98 Å². The second kappa shape index (κ2) is 8.92. The van der Waals surface area contributed by atoms with Crippen LogP contribution in [-0.4, -0.2) is 34.8 Å². The molecule has 1 aromatic heterocycles. The number of nitrogens with zero attached hydrogens (tertiary/aromatic N) is 1. The molecule has 4 aliphatic carbocycles. The molecule has 0 spiro atoms. The van der Waals surface area contributed by atoms with E-state index in [1.54, 1.807) is 12.1 Å². The van der Waals surface area contributed by atoms with E-state index in [0.717, 1.165) is 44.4 Å². The normalized spacial score (nSPS) is 42.2. The van der Waals surface area contributed by atoms with Crippen molar-refractivity contribution in [1.82, 2.24) is 4.98 Å². The minimum absolute atomic E-state index is 0.0128. The molecule has 5 rings (SSSR count). The van der Waals surface area contributed by atoms with Crippen molar-refractivity contribution in [1.29, 1.82) is 0 Å². The van der Waals surface area contributed by atoms with Crippen molar-refractivity contribution < 1.29 is 19.0 Å². The van der Waals surface area contributed by atoms with Crippen LogP contribution in [0.15, 0.2) is 18.3 Å². The van der Waals surface area contributed by atoms with Gasteiger partial charge in [-0.1, -0.05) is 6.92 Å². The first-order chi connectivity index (χ1) is 15.8. The first-order valence-corrected chi connectivity index (χ1v) is 13.1. The van der Waals surface area contributed by atoms with Crippen molar-refractivity contribution in [2.45, 2.75) is 77.2 Å². The van der Waals surface area contributed by atoms with Gasteiger partial charge in [-0.2, -0.15) is 4.39 Å². The third-order valence-electron chi connectivity index (χ3n) is 10.0. The van der Waals surface area contributed by atoms with Gasteiger partial charge in [0.05, 0.1) is 17.9 Å². The van der Waals surface area contributed by atoms with Gasteiger partial charge in [0.1, 0.15) is 0 Å². The van der Waals surface area contributed by atoms with E-state index in [2.05, 4.69) is 17.2 Å². The zero-order chi connectivity index (χ0) is 23.2. The fraction of sp³-hybridized carbons (Fsp3) is 0.778. The number of pyridine rings is 1. The minimum Gasteiger partial charge on any atom is -0.387 e. The lowest BCUT2D eigenvalue weighted by molar-refractivity contribution is -0.135. The second-order valence-corrected chi connectivity index (χ2v) is 11.5. The van der Waals surface area contributed by atoms with Crippen molar-refractivity contribution in [3.8, 4) is 0 Å². The molecule has 8 atom stereocenters. The SMILES string of the molecule is CCOC[C@@]1(O)CC[C@H]2[C@H](CC[C@@H]3[C@@H]2CC[C@]2(C)[C@@H](C(=O)Nc4cccnc4F)CC[C@@H]32)C1. The number of nitrogens with one attached hydrogen (secondary N) is 1. The lowest BCUT2D eigenvalue weighted by Crippen LogP contribution is -2.52. The summed E-state index contributed by atoms with van der Waals surface area (Å²) in [6.45, 7) is 5.43. The van der Waals surface area contributed by atoms with E-state index in [9.17, 15) is 14.3 Å². The van der Waals surface area contributed by atoms with Crippen LogP contribution in [0.3, 0.4) is 0 Å². The number of aromatic nitrogens is 1. The molecule has 1 amide bonds. The Morgan fingerprint density at radius 1 is 1.18 bits per heavy atom. The molecular weight excluding hydrogens is 419 g/mol. The van der Waals surface area contributed by atoms with Gasteiger partial charge in [0.25, 0.3) is 0 Å². The summed E-state index contributed by atoms with van der Waals surface area (Å²) in [5, 5.41) is 13.9. The Bertz CT molecular complexity index is 881. The van der Waals surface area contributed by atoms with Crippen molar-refractivity contribution in [2.75, 3.05) is 18.5 Å². The molecule has 2 N–H and O–H groups in total. The first-order valence-electron chi connectivity index (χ1n) is 13.1. The Morgan fingerprint density at radius 2 is 2.00 bits per heavy atom. The number of rotatable bonds is 5. The molecule has 4 saturated carbocycles. The predicted molar refractivity (Wildman–Crippen MR) is 125 cm³/mol. The average molecular weight is 459 g/mol. The number of hydrogen-bond acceptors (Lipinski definition) is 4. The van der Waals surface area contributed by atoms with E-state index in [0.29, 0.717) is 36.9 Å². The topological polar surface area (TPSA) is 71.5 Å². The molecule has 1 heterocycles. The quantitative estimate of drug-likeness (QED) is 0.595. The Morgan fingerprint density at radius 3 is 2.79 bits per heavy atom. The van der Waals surface area contributed by atoms with Crippen molar-refractivity contribution >= 4 is 11.6 Å². The van der Waals surface area contributed by atoms with E-state index in [1.165, 1.54) is 25.5 Å². The highest BCUT2D eigenvalue weighted by Crippen LogP contribution is 2.64. The van der Waals surface area contributed by atoms with Gasteiger partial charge >= 0.3 is 0 Å². The van der Waals surface area contributed by atoms with Crippen LogP contribution in [0.2, 0.25) is 0 Å². The Hall–Kier alpha value is -1.53. The molecule has 0 aromatic carbocycles. The molecule has 0 aliphatic heterocycles. The van der Waals surface area contributed by atoms with Crippen LogP contribution in [0.4, 0.5) is 10.1 Å². The molecule has 6 heteroatoms. The zero-order valence-electron chi connectivity index (χ0n) is 20.1. The van der Waals surface area contributed by atoms with Crippen LogP contribution in [0, 0.1) is 46.9 Å². The summed E-state index contributed by atoms with van der Waals surface area (Å²) in [7, 11) is 0. The lowest BCUT2D eigenvalue weighted by atomic mass is 9.49. The number of carbonyl (C=O) groups excluding carboxylic acids is 1. The third kappa shape index (κ3) is 4.12. The van der Waals surface area contributed by atoms with Gasteiger partial charge < -0.3 is 15.2 Å². The number of ether oxygens (including phenoxy) is 1. The van der Waals surface area contributed by atoms with E-state index < -0.39 is 11.5 Å². The maximum Gasteiger partial charge on any atom is 0.236 e. The monoisotopic (exact) mass is 458 g/mol. The molecule has 0 unspecified atom stereocenters. The highest BCUT2D eigenvalue weighted by Gasteiger charge is 2.59. The van der Waals surface area contributed by atoms with Gasteiger partial charge in [0.15, 0.2) is 0 Å². The summed E-state index contributed by atoms with van der Waals surface area (Å²) in [5.74, 6) is 2.54. The summed E-state index contributed by atoms with van der Waals surface area (Å²) in [4.78, 5) is 16.9. The average Bonchev–Trinajstić information content (AvgIpc) is 3.16. The standard InChI is InChI=1S/C27H39FN2O3/c1-3-33-16-27(32)13-11-18-17(15-27)6-7-20-19(18)10-12-26(2)21(20)8-9-22(26)25(31)30-23-5-4-14-29-24(23)28/h4-5,14,17-22,32H,3,6-13,15-16H2,1-2H3,(H,30,31)/t17-,18+,19-,20-,21+,22-,26+,27-/m1/s1. The number of amides is 1. The number of halogens is 1. The van der Waals surface area contributed by atoms with E-state index >= 15 is 0 Å². The zero-order valence-corrected chi connectivity index (χ0v) is 20.1. The number of fused-ring (bicyclic) bond motifs is 5. The largest absolute Gasteiger partial charge is 0.387 e. The summed E-state index contributed by atoms with van der Waals surface area (Å²) >= 11 is 0. The first kappa shape index (κ1) is 23.2. The molecule has 0 radical (unpaired) electrons. The lowest BCUT2D eigenvalue weighted by Gasteiger charge is -2.57. The van der Waals surface area contributed by atoms with Crippen LogP contribution in [-0.2, 0) is 9.53 Å². The Labute approximate surface area is 196 Å². The number of carbonyl (C=O) groups is 1. The molecule has 4 aliphatic rings. The maximum atomic E-state index is 14.0. The highest BCUT2D eigenvalue weighted by atomic mass is 19.1. The van der Waals surface area contributed by atoms with Crippen LogP contribution in [0.25, 0.3) is 0 Å². The minimum atomic E-state index is -0.648. The number of hydrogen-bond donors (Lipinski definition) is 2. The van der Waals surface area contributed by atoms with Gasteiger partial charge in [-0.15, -0.1) is 0 Å². The van der Waals surface area contributed by atoms with Crippen molar-refractivity contribution in [3.63, 3.8) is 0 Å². The van der Waals surface area contributed by atoms with Crippen molar-refractivity contribution in [3.05, 3.63) is 24.3 Å². The van der Waals surface area contributed by atoms with Crippen LogP contribution in [0.5, 0.6) is 0 Å². The van der Waals surface area contributed by atoms with Gasteiger partial charge in [0.2, 0.25) is 11.9 Å². The molecule has 4 fully saturated rings. The summed E-state index contributed by atoms with van der Waals surface area (Å²) in [6.07, 6.45) is 10.9. The van der Waals surface area contributed by atoms with E-state index in [4.69, 9.17) is 4.74 Å². The fourth-order valence-electron chi connectivity index (χ4n) is 8.52. The summed E-state index contributed by atoms with van der Waals surface area (Å²) < 4.78 is 19.6. The molecule has 182 valence electrons. The smallest absolute Gasteiger partial charge is 0.236 e. The van der Waals surface area contributed by atoms with Crippen LogP contribution >= 0.6 is 0 Å². The van der Waals surface area contributed by atoms with Gasteiger partial charge in [0, 0.05) is 18.7 Å². The van der Waals surface area contributed by atoms with E-state index in [-0.39, 0.29) is 22.9 Å². The third-order valence-corrected chi connectivity index (χ3v) is 10.0. The van der Waals surface area contributed by atoms with Gasteiger partial charge in [-0.3, -0.25) is 4.79 Å². The Kier molecular flexibility index (Phi) is 6.28. The van der Waals surface area contributed by atoms with Crippen LogP contribution < -0.4 is 5.32 Å². The molecule has 33 heavy (non-hydrogen) atoms.